The van der Waals surface area contributed by atoms with Gasteiger partial charge in [-0.25, -0.2) is 0 Å². The summed E-state index contributed by atoms with van der Waals surface area (Å²) in [5.41, 5.74) is 0.978. The number of halogens is 3. The van der Waals surface area contributed by atoms with Gasteiger partial charge in [-0.05, 0) is 24.1 Å². The highest BCUT2D eigenvalue weighted by atomic mass is 19.4. The van der Waals surface area contributed by atoms with E-state index in [1.165, 1.54) is 0 Å². The lowest BCUT2D eigenvalue weighted by Gasteiger charge is -2.24. The number of aliphatic hydroxyl groups excluding tert-OH is 1. The summed E-state index contributed by atoms with van der Waals surface area (Å²) in [5.74, 6) is 0.715. The van der Waals surface area contributed by atoms with E-state index in [0.717, 1.165) is 5.56 Å². The predicted octanol–water partition coefficient (Wildman–Crippen LogP) is 2.38. The average Bonchev–Trinajstić information content (AvgIpc) is 2.84. The molecule has 1 aromatic carbocycles. The Hall–Kier alpha value is -1.31. The number of ether oxygens (including phenoxy) is 2. The van der Waals surface area contributed by atoms with Crippen LogP contribution < -0.4 is 4.74 Å². The molecule has 124 valence electrons. The van der Waals surface area contributed by atoms with Crippen LogP contribution in [0.4, 0.5) is 13.2 Å². The number of aliphatic hydroxyl groups is 1. The molecule has 1 aliphatic heterocycles. The molecule has 1 heterocycles. The van der Waals surface area contributed by atoms with Gasteiger partial charge in [0.1, 0.15) is 12.4 Å². The minimum absolute atomic E-state index is 0.0211. The van der Waals surface area contributed by atoms with Gasteiger partial charge in [0, 0.05) is 19.1 Å². The second-order valence-electron chi connectivity index (χ2n) is 5.34. The Morgan fingerprint density at radius 1 is 1.36 bits per heavy atom. The highest BCUT2D eigenvalue weighted by Crippen LogP contribution is 2.33. The second kappa shape index (κ2) is 7.30. The van der Waals surface area contributed by atoms with Crippen LogP contribution in [0.2, 0.25) is 0 Å². The van der Waals surface area contributed by atoms with Crippen molar-refractivity contribution in [1.82, 2.24) is 4.90 Å². The maximum Gasteiger partial charge on any atom is 0.411 e. The molecule has 0 aromatic heterocycles. The lowest BCUT2D eigenvalue weighted by atomic mass is 10.0. The number of methoxy groups -OCH3 is 1. The average molecular weight is 319 g/mol. The smallest absolute Gasteiger partial charge is 0.411 e. The third kappa shape index (κ3) is 4.86. The number of alkyl halides is 3. The van der Waals surface area contributed by atoms with Gasteiger partial charge in [0.15, 0.2) is 0 Å². The first-order valence-electron chi connectivity index (χ1n) is 7.09. The van der Waals surface area contributed by atoms with E-state index in [2.05, 4.69) is 4.74 Å². The van der Waals surface area contributed by atoms with Crippen molar-refractivity contribution in [3.05, 3.63) is 29.8 Å². The first-order chi connectivity index (χ1) is 10.4. The van der Waals surface area contributed by atoms with Gasteiger partial charge in [-0.2, -0.15) is 13.2 Å². The molecule has 0 radical (unpaired) electrons. The first kappa shape index (κ1) is 17.1. The van der Waals surface area contributed by atoms with Gasteiger partial charge < -0.3 is 14.6 Å². The van der Waals surface area contributed by atoms with E-state index >= 15 is 0 Å². The minimum Gasteiger partial charge on any atom is -0.497 e. The van der Waals surface area contributed by atoms with Crippen LogP contribution in [0.1, 0.15) is 18.0 Å². The summed E-state index contributed by atoms with van der Waals surface area (Å²) in [6.07, 6.45) is -4.25. The van der Waals surface area contributed by atoms with Crippen molar-refractivity contribution in [3.63, 3.8) is 0 Å². The van der Waals surface area contributed by atoms with E-state index in [4.69, 9.17) is 4.74 Å². The van der Waals surface area contributed by atoms with Crippen LogP contribution >= 0.6 is 0 Å². The fourth-order valence-corrected chi connectivity index (χ4v) is 2.69. The van der Waals surface area contributed by atoms with Crippen molar-refractivity contribution in [2.75, 3.05) is 33.4 Å². The Balaban J connectivity index is 1.94. The molecule has 0 spiro atoms. The van der Waals surface area contributed by atoms with Crippen LogP contribution in [-0.2, 0) is 4.74 Å². The molecule has 7 heteroatoms. The van der Waals surface area contributed by atoms with Gasteiger partial charge in [0.2, 0.25) is 0 Å². The number of hydrogen-bond acceptors (Lipinski definition) is 4. The monoisotopic (exact) mass is 319 g/mol. The summed E-state index contributed by atoms with van der Waals surface area (Å²) in [6.45, 7) is -0.494. The largest absolute Gasteiger partial charge is 0.497 e. The maximum absolute atomic E-state index is 12.1. The lowest BCUT2D eigenvalue weighted by Crippen LogP contribution is -2.30. The fraction of sp³-hybridized carbons (Fsp3) is 0.600. The van der Waals surface area contributed by atoms with Crippen molar-refractivity contribution in [3.8, 4) is 5.75 Å². The highest BCUT2D eigenvalue weighted by Gasteiger charge is 2.32. The zero-order valence-electron chi connectivity index (χ0n) is 12.3. The lowest BCUT2D eigenvalue weighted by molar-refractivity contribution is -0.174. The van der Waals surface area contributed by atoms with Crippen molar-refractivity contribution < 1.29 is 27.8 Å². The van der Waals surface area contributed by atoms with Crippen LogP contribution in [0.3, 0.4) is 0 Å². The molecule has 1 N–H and O–H groups in total. The molecule has 2 atom stereocenters. The summed E-state index contributed by atoms with van der Waals surface area (Å²) >= 11 is 0. The topological polar surface area (TPSA) is 41.9 Å². The van der Waals surface area contributed by atoms with Crippen molar-refractivity contribution in [1.29, 1.82) is 0 Å². The van der Waals surface area contributed by atoms with Crippen LogP contribution in [0.25, 0.3) is 0 Å². The zero-order valence-corrected chi connectivity index (χ0v) is 12.3. The Morgan fingerprint density at radius 3 is 2.82 bits per heavy atom. The molecule has 4 nitrogen and oxygen atoms in total. The molecule has 0 saturated carbocycles. The Morgan fingerprint density at radius 2 is 2.14 bits per heavy atom. The highest BCUT2D eigenvalue weighted by molar-refractivity contribution is 5.31. The summed E-state index contributed by atoms with van der Waals surface area (Å²) in [6, 6.07) is 7.45. The van der Waals surface area contributed by atoms with E-state index in [1.807, 2.05) is 29.2 Å². The molecule has 1 fully saturated rings. The predicted molar refractivity (Wildman–Crippen MR) is 74.8 cm³/mol. The summed E-state index contributed by atoms with van der Waals surface area (Å²) in [7, 11) is 1.57. The SMILES string of the molecule is COc1cccc([C@@H]2C[C@@H](O)CN2CCOCC(F)(F)F)c1. The number of benzene rings is 1. The Labute approximate surface area is 127 Å². The van der Waals surface area contributed by atoms with Crippen molar-refractivity contribution in [2.45, 2.75) is 24.7 Å². The van der Waals surface area contributed by atoms with Crippen LogP contribution in [0.15, 0.2) is 24.3 Å². The summed E-state index contributed by atoms with van der Waals surface area (Å²) < 4.78 is 46.0. The normalized spacial score (nSPS) is 23.0. The van der Waals surface area contributed by atoms with E-state index < -0.39 is 18.9 Å². The van der Waals surface area contributed by atoms with Crippen molar-refractivity contribution in [2.24, 2.45) is 0 Å². The summed E-state index contributed by atoms with van der Waals surface area (Å²) in [5, 5.41) is 9.85. The van der Waals surface area contributed by atoms with E-state index in [1.54, 1.807) is 7.11 Å². The zero-order chi connectivity index (χ0) is 16.2. The Bertz CT molecular complexity index is 481. The third-order valence-corrected chi connectivity index (χ3v) is 3.65. The molecule has 0 unspecified atom stereocenters. The van der Waals surface area contributed by atoms with E-state index in [0.29, 0.717) is 25.3 Å². The third-order valence-electron chi connectivity index (χ3n) is 3.65. The molecule has 1 aromatic rings. The quantitative estimate of drug-likeness (QED) is 0.818. The van der Waals surface area contributed by atoms with E-state index in [-0.39, 0.29) is 12.6 Å². The second-order valence-corrected chi connectivity index (χ2v) is 5.34. The number of β-amino-alcohol motifs (C(OH)–C–C–N with tert-alkyl or cyclic N) is 1. The number of rotatable bonds is 6. The summed E-state index contributed by atoms with van der Waals surface area (Å²) in [4.78, 5) is 1.94. The van der Waals surface area contributed by atoms with Crippen LogP contribution in [0.5, 0.6) is 5.75 Å². The van der Waals surface area contributed by atoms with Gasteiger partial charge in [0.25, 0.3) is 0 Å². The molecule has 22 heavy (non-hydrogen) atoms. The molecule has 2 rings (SSSR count). The number of likely N-dealkylation sites (tertiary alicyclic amines) is 1. The Kier molecular flexibility index (Phi) is 5.66. The van der Waals surface area contributed by atoms with Gasteiger partial charge in [0.05, 0.1) is 19.8 Å². The molecule has 1 saturated heterocycles. The standard InChI is InChI=1S/C15H20F3NO3/c1-21-13-4-2-3-11(7-13)14-8-12(20)9-19(14)5-6-22-10-15(16,17)18/h2-4,7,12,14,20H,5-6,8-10H2,1H3/t12-,14+/m1/s1. The van der Waals surface area contributed by atoms with Crippen LogP contribution in [-0.4, -0.2) is 55.7 Å². The van der Waals surface area contributed by atoms with Gasteiger partial charge in [-0.3, -0.25) is 4.90 Å². The minimum atomic E-state index is -4.31. The molecule has 0 amide bonds. The first-order valence-corrected chi connectivity index (χ1v) is 7.09. The molecular weight excluding hydrogens is 299 g/mol. The van der Waals surface area contributed by atoms with Gasteiger partial charge in [-0.15, -0.1) is 0 Å². The molecule has 0 aliphatic carbocycles. The molecule has 1 aliphatic rings. The number of hydrogen-bond donors (Lipinski definition) is 1. The molecule has 0 bridgehead atoms. The van der Waals surface area contributed by atoms with Gasteiger partial charge >= 0.3 is 6.18 Å². The van der Waals surface area contributed by atoms with Crippen molar-refractivity contribution >= 4 is 0 Å². The maximum atomic E-state index is 12.1. The van der Waals surface area contributed by atoms with Crippen LogP contribution in [0, 0.1) is 0 Å². The van der Waals surface area contributed by atoms with E-state index in [9.17, 15) is 18.3 Å². The van der Waals surface area contributed by atoms with Gasteiger partial charge in [-0.1, -0.05) is 12.1 Å². The number of nitrogens with zero attached hydrogens (tertiary/aromatic N) is 1. The molecular formula is C15H20F3NO3. The fourth-order valence-electron chi connectivity index (χ4n) is 2.69.